The molecule has 2 rings (SSSR count). The van der Waals surface area contributed by atoms with E-state index in [9.17, 15) is 4.79 Å². The van der Waals surface area contributed by atoms with Crippen LogP contribution in [-0.2, 0) is 11.2 Å². The Bertz CT molecular complexity index is 566. The van der Waals surface area contributed by atoms with Gasteiger partial charge in [-0.1, -0.05) is 29.8 Å². The molecule has 0 aliphatic carbocycles. The summed E-state index contributed by atoms with van der Waals surface area (Å²) in [5.41, 5.74) is 3.51. The Kier molecular flexibility index (Phi) is 4.88. The zero-order valence-electron chi connectivity index (χ0n) is 12.0. The molecule has 3 nitrogen and oxygen atoms in total. The average molecular weight is 268 g/mol. The first-order valence-corrected chi connectivity index (χ1v) is 6.90. The normalized spacial score (nSPS) is 11.9. The van der Waals surface area contributed by atoms with E-state index in [1.807, 2.05) is 25.1 Å². The van der Waals surface area contributed by atoms with Crippen LogP contribution in [0, 0.1) is 6.92 Å². The van der Waals surface area contributed by atoms with Crippen molar-refractivity contribution < 1.29 is 4.79 Å². The molecule has 0 saturated carbocycles. The van der Waals surface area contributed by atoms with E-state index in [0.717, 1.165) is 12.0 Å². The van der Waals surface area contributed by atoms with Gasteiger partial charge in [-0.15, -0.1) is 0 Å². The van der Waals surface area contributed by atoms with E-state index >= 15 is 0 Å². The molecule has 1 heterocycles. The summed E-state index contributed by atoms with van der Waals surface area (Å²) in [4.78, 5) is 15.9. The van der Waals surface area contributed by atoms with Crippen LogP contribution in [0.15, 0.2) is 48.8 Å². The van der Waals surface area contributed by atoms with Crippen LogP contribution in [0.1, 0.15) is 36.1 Å². The van der Waals surface area contributed by atoms with Gasteiger partial charge in [0.15, 0.2) is 0 Å². The van der Waals surface area contributed by atoms with Crippen molar-refractivity contribution in [2.45, 2.75) is 32.7 Å². The number of aromatic nitrogens is 1. The van der Waals surface area contributed by atoms with Gasteiger partial charge in [-0.25, -0.2) is 0 Å². The van der Waals surface area contributed by atoms with Crippen LogP contribution >= 0.6 is 0 Å². The molecule has 0 bridgehead atoms. The molecule has 0 fully saturated rings. The van der Waals surface area contributed by atoms with E-state index in [4.69, 9.17) is 0 Å². The quantitative estimate of drug-likeness (QED) is 0.904. The van der Waals surface area contributed by atoms with Crippen LogP contribution in [0.3, 0.4) is 0 Å². The minimum Gasteiger partial charge on any atom is -0.350 e. The summed E-state index contributed by atoms with van der Waals surface area (Å²) in [6.07, 6.45) is 4.77. The zero-order chi connectivity index (χ0) is 14.4. The van der Waals surface area contributed by atoms with E-state index in [1.165, 1.54) is 11.1 Å². The molecule has 0 spiro atoms. The van der Waals surface area contributed by atoms with Crippen molar-refractivity contribution >= 4 is 5.91 Å². The van der Waals surface area contributed by atoms with Crippen LogP contribution in [0.2, 0.25) is 0 Å². The first-order chi connectivity index (χ1) is 9.65. The summed E-state index contributed by atoms with van der Waals surface area (Å²) >= 11 is 0. The minimum absolute atomic E-state index is 0.0167. The number of nitrogens with zero attached hydrogens (tertiary/aromatic N) is 1. The highest BCUT2D eigenvalue weighted by Crippen LogP contribution is 2.11. The molecule has 1 aromatic carbocycles. The molecule has 2 aromatic rings. The lowest BCUT2D eigenvalue weighted by Gasteiger charge is -2.14. The number of nitrogens with one attached hydrogen (secondary N) is 1. The third kappa shape index (κ3) is 4.19. The summed E-state index contributed by atoms with van der Waals surface area (Å²) in [5, 5.41) is 3.01. The number of aryl methyl sites for hydroxylation is 2. The van der Waals surface area contributed by atoms with E-state index in [-0.39, 0.29) is 11.9 Å². The van der Waals surface area contributed by atoms with Crippen molar-refractivity contribution in [3.05, 3.63) is 65.5 Å². The molecule has 0 aliphatic heterocycles. The highest BCUT2D eigenvalue weighted by Gasteiger charge is 2.09. The smallest absolute Gasteiger partial charge is 0.220 e. The molecular weight excluding hydrogens is 248 g/mol. The lowest BCUT2D eigenvalue weighted by atomic mass is 10.1. The molecule has 1 unspecified atom stereocenters. The van der Waals surface area contributed by atoms with Gasteiger partial charge in [0.1, 0.15) is 0 Å². The Morgan fingerprint density at radius 3 is 2.70 bits per heavy atom. The predicted molar refractivity (Wildman–Crippen MR) is 80.3 cm³/mol. The number of hydrogen-bond acceptors (Lipinski definition) is 2. The minimum atomic E-state index is 0.0167. The van der Waals surface area contributed by atoms with E-state index < -0.39 is 0 Å². The van der Waals surface area contributed by atoms with Gasteiger partial charge in [-0.05, 0) is 43.5 Å². The Labute approximate surface area is 120 Å². The van der Waals surface area contributed by atoms with E-state index in [1.54, 1.807) is 12.4 Å². The van der Waals surface area contributed by atoms with E-state index in [2.05, 4.69) is 35.4 Å². The molecule has 0 saturated heterocycles. The van der Waals surface area contributed by atoms with Gasteiger partial charge >= 0.3 is 0 Å². The fourth-order valence-corrected chi connectivity index (χ4v) is 2.17. The highest BCUT2D eigenvalue weighted by atomic mass is 16.1. The largest absolute Gasteiger partial charge is 0.350 e. The molecule has 1 atom stereocenters. The number of carbonyl (C=O) groups is 1. The Morgan fingerprint density at radius 2 is 2.00 bits per heavy atom. The van der Waals surface area contributed by atoms with Crippen molar-refractivity contribution in [1.29, 1.82) is 0 Å². The summed E-state index contributed by atoms with van der Waals surface area (Å²) in [5.74, 6) is 0.0795. The van der Waals surface area contributed by atoms with Crippen molar-refractivity contribution in [2.75, 3.05) is 0 Å². The van der Waals surface area contributed by atoms with Crippen molar-refractivity contribution in [2.24, 2.45) is 0 Å². The van der Waals surface area contributed by atoms with Crippen molar-refractivity contribution in [3.63, 3.8) is 0 Å². The van der Waals surface area contributed by atoms with Gasteiger partial charge in [0, 0.05) is 18.8 Å². The van der Waals surface area contributed by atoms with Crippen LogP contribution in [0.25, 0.3) is 0 Å². The maximum absolute atomic E-state index is 12.0. The Balaban J connectivity index is 1.84. The maximum atomic E-state index is 12.0. The second-order valence-corrected chi connectivity index (χ2v) is 5.06. The first-order valence-electron chi connectivity index (χ1n) is 6.90. The number of hydrogen-bond donors (Lipinski definition) is 1. The Hall–Kier alpha value is -2.16. The first kappa shape index (κ1) is 14.3. The van der Waals surface area contributed by atoms with Gasteiger partial charge in [-0.3, -0.25) is 9.78 Å². The fourth-order valence-electron chi connectivity index (χ4n) is 2.17. The molecule has 20 heavy (non-hydrogen) atoms. The van der Waals surface area contributed by atoms with Gasteiger partial charge in [0.05, 0.1) is 6.04 Å². The van der Waals surface area contributed by atoms with Crippen LogP contribution in [0.5, 0.6) is 0 Å². The average Bonchev–Trinajstić information content (AvgIpc) is 2.46. The number of amides is 1. The van der Waals surface area contributed by atoms with E-state index in [0.29, 0.717) is 6.42 Å². The van der Waals surface area contributed by atoms with Gasteiger partial charge < -0.3 is 5.32 Å². The Morgan fingerprint density at radius 1 is 1.25 bits per heavy atom. The van der Waals surface area contributed by atoms with Crippen LogP contribution < -0.4 is 5.32 Å². The molecule has 0 radical (unpaired) electrons. The molecule has 104 valence electrons. The van der Waals surface area contributed by atoms with Crippen molar-refractivity contribution in [1.82, 2.24) is 10.3 Å². The predicted octanol–water partition coefficient (Wildman–Crippen LogP) is 3.20. The molecular formula is C17H20N2O. The summed E-state index contributed by atoms with van der Waals surface area (Å²) < 4.78 is 0. The van der Waals surface area contributed by atoms with Crippen LogP contribution in [-0.4, -0.2) is 10.9 Å². The summed E-state index contributed by atoms with van der Waals surface area (Å²) in [7, 11) is 0. The maximum Gasteiger partial charge on any atom is 0.220 e. The molecule has 1 amide bonds. The SMILES string of the molecule is Cc1cccc(CCC(=O)NC(C)c2ccncc2)c1. The molecule has 1 N–H and O–H groups in total. The third-order valence-corrected chi connectivity index (χ3v) is 3.31. The standard InChI is InChI=1S/C17H20N2O/c1-13-4-3-5-15(12-13)6-7-17(20)19-14(2)16-8-10-18-11-9-16/h3-5,8-12,14H,6-7H2,1-2H3,(H,19,20). The number of benzene rings is 1. The van der Waals surface area contributed by atoms with Gasteiger partial charge in [-0.2, -0.15) is 0 Å². The summed E-state index contributed by atoms with van der Waals surface area (Å²) in [6.45, 7) is 4.05. The number of rotatable bonds is 5. The molecule has 1 aromatic heterocycles. The zero-order valence-corrected chi connectivity index (χ0v) is 12.0. The highest BCUT2D eigenvalue weighted by molar-refractivity contribution is 5.76. The van der Waals surface area contributed by atoms with Gasteiger partial charge in [0.2, 0.25) is 5.91 Å². The molecule has 0 aliphatic rings. The topological polar surface area (TPSA) is 42.0 Å². The number of carbonyl (C=O) groups excluding carboxylic acids is 1. The van der Waals surface area contributed by atoms with Crippen molar-refractivity contribution in [3.8, 4) is 0 Å². The van der Waals surface area contributed by atoms with Gasteiger partial charge in [0.25, 0.3) is 0 Å². The lowest BCUT2D eigenvalue weighted by molar-refractivity contribution is -0.121. The second-order valence-electron chi connectivity index (χ2n) is 5.06. The van der Waals surface area contributed by atoms with Crippen LogP contribution in [0.4, 0.5) is 0 Å². The lowest BCUT2D eigenvalue weighted by Crippen LogP contribution is -2.26. The monoisotopic (exact) mass is 268 g/mol. The fraction of sp³-hybridized carbons (Fsp3) is 0.294. The second kappa shape index (κ2) is 6.85. The number of pyridine rings is 1. The summed E-state index contributed by atoms with van der Waals surface area (Å²) in [6, 6.07) is 12.1. The third-order valence-electron chi connectivity index (χ3n) is 3.31. The molecule has 3 heteroatoms.